The van der Waals surface area contributed by atoms with Crippen molar-refractivity contribution >= 4 is 18.1 Å². The van der Waals surface area contributed by atoms with E-state index in [1.165, 1.54) is 0 Å². The molecule has 0 radical (unpaired) electrons. The first kappa shape index (κ1) is 29.7. The topological polar surface area (TPSA) is 106 Å². The van der Waals surface area contributed by atoms with Crippen LogP contribution in [0, 0.1) is 5.41 Å². The summed E-state index contributed by atoms with van der Waals surface area (Å²) < 4.78 is 10.9. The van der Waals surface area contributed by atoms with Crippen LogP contribution in [-0.4, -0.2) is 35.8 Å². The van der Waals surface area contributed by atoms with E-state index in [0.29, 0.717) is 0 Å². The number of carbonyl (C=O) groups excluding carboxylic acids is 3. The number of alkyl carbamates (subject to hydrolysis) is 2. The van der Waals surface area contributed by atoms with E-state index in [1.807, 2.05) is 88.4 Å². The van der Waals surface area contributed by atoms with Crippen LogP contribution in [-0.2, 0) is 20.9 Å². The highest BCUT2D eigenvalue weighted by Crippen LogP contribution is 2.25. The van der Waals surface area contributed by atoms with Gasteiger partial charge in [0.15, 0.2) is 0 Å². The monoisotopic (exact) mass is 511 g/mol. The molecule has 0 heterocycles. The highest BCUT2D eigenvalue weighted by molar-refractivity contribution is 5.78. The number of nitrogens with one attached hydrogen (secondary N) is 3. The number of ether oxygens (including phenoxy) is 2. The van der Waals surface area contributed by atoms with E-state index >= 15 is 0 Å². The molecule has 0 fully saturated rings. The van der Waals surface area contributed by atoms with E-state index in [9.17, 15) is 14.4 Å². The van der Waals surface area contributed by atoms with Crippen molar-refractivity contribution in [3.8, 4) is 0 Å². The Bertz CT molecular complexity index is 1010. The molecule has 0 aliphatic heterocycles. The third kappa shape index (κ3) is 10.9. The zero-order chi connectivity index (χ0) is 27.6. The van der Waals surface area contributed by atoms with E-state index in [0.717, 1.165) is 11.1 Å². The molecule has 3 amide bonds. The molecule has 2 rings (SSSR count). The number of rotatable bonds is 9. The lowest BCUT2D eigenvalue weighted by atomic mass is 9.81. The van der Waals surface area contributed by atoms with E-state index in [4.69, 9.17) is 9.47 Å². The Balaban J connectivity index is 2.20. The summed E-state index contributed by atoms with van der Waals surface area (Å²) in [6, 6.07) is 17.3. The van der Waals surface area contributed by atoms with Crippen molar-refractivity contribution < 1.29 is 23.9 Å². The van der Waals surface area contributed by atoms with Crippen LogP contribution >= 0.6 is 0 Å². The Morgan fingerprint density at radius 1 is 0.784 bits per heavy atom. The second-order valence-corrected chi connectivity index (χ2v) is 11.2. The summed E-state index contributed by atoms with van der Waals surface area (Å²) in [7, 11) is 0. The molecule has 0 aliphatic rings. The Morgan fingerprint density at radius 2 is 1.35 bits per heavy atom. The van der Waals surface area contributed by atoms with Gasteiger partial charge < -0.3 is 25.4 Å². The van der Waals surface area contributed by atoms with E-state index < -0.39 is 35.3 Å². The van der Waals surface area contributed by atoms with Crippen LogP contribution < -0.4 is 16.0 Å². The molecule has 0 bridgehead atoms. The predicted octanol–water partition coefficient (Wildman–Crippen LogP) is 5.49. The van der Waals surface area contributed by atoms with Crippen LogP contribution in [0.4, 0.5) is 9.59 Å². The van der Waals surface area contributed by atoms with Gasteiger partial charge >= 0.3 is 12.2 Å². The van der Waals surface area contributed by atoms with Gasteiger partial charge in [0.05, 0.1) is 18.1 Å². The number of hydrogen-bond donors (Lipinski definition) is 3. The molecule has 0 spiro atoms. The van der Waals surface area contributed by atoms with Gasteiger partial charge in [0, 0.05) is 6.42 Å². The number of benzene rings is 2. The highest BCUT2D eigenvalue weighted by Gasteiger charge is 2.37. The van der Waals surface area contributed by atoms with Gasteiger partial charge in [-0.05, 0) is 44.2 Å². The SMILES string of the molecule is C[C@@H](NC(=O)C[C@H](NC(=O)OCc1ccccc1)[C@@H](NC(=O)OC(C)(C)C)C(C)(C)C)c1ccccc1. The van der Waals surface area contributed by atoms with Crippen molar-refractivity contribution in [1.29, 1.82) is 0 Å². The minimum Gasteiger partial charge on any atom is -0.445 e. The molecule has 8 heteroatoms. The number of amides is 3. The third-order valence-corrected chi connectivity index (χ3v) is 5.61. The van der Waals surface area contributed by atoms with Crippen LogP contribution in [0.3, 0.4) is 0 Å². The Morgan fingerprint density at radius 3 is 1.89 bits per heavy atom. The molecule has 3 N–H and O–H groups in total. The van der Waals surface area contributed by atoms with Gasteiger partial charge in [0.1, 0.15) is 12.2 Å². The molecule has 37 heavy (non-hydrogen) atoms. The molecule has 2 aromatic rings. The summed E-state index contributed by atoms with van der Waals surface area (Å²) in [5, 5.41) is 8.67. The second kappa shape index (κ2) is 13.1. The Labute approximate surface area is 220 Å². The zero-order valence-electron chi connectivity index (χ0n) is 23.0. The van der Waals surface area contributed by atoms with Crippen LogP contribution in [0.15, 0.2) is 60.7 Å². The molecular formula is C29H41N3O5. The average Bonchev–Trinajstić information content (AvgIpc) is 2.80. The zero-order valence-corrected chi connectivity index (χ0v) is 23.0. The molecule has 3 atom stereocenters. The summed E-state index contributed by atoms with van der Waals surface area (Å²) in [4.78, 5) is 38.6. The highest BCUT2D eigenvalue weighted by atomic mass is 16.6. The van der Waals surface area contributed by atoms with Gasteiger partial charge in [-0.1, -0.05) is 81.4 Å². The van der Waals surface area contributed by atoms with Crippen LogP contribution in [0.5, 0.6) is 0 Å². The smallest absolute Gasteiger partial charge is 0.407 e. The first-order chi connectivity index (χ1) is 17.2. The van der Waals surface area contributed by atoms with E-state index in [2.05, 4.69) is 16.0 Å². The second-order valence-electron chi connectivity index (χ2n) is 11.2. The molecule has 0 aromatic heterocycles. The Hall–Kier alpha value is -3.55. The fraction of sp³-hybridized carbons (Fsp3) is 0.483. The van der Waals surface area contributed by atoms with E-state index in [-0.39, 0.29) is 25.0 Å². The molecular weight excluding hydrogens is 470 g/mol. The third-order valence-electron chi connectivity index (χ3n) is 5.61. The first-order valence-corrected chi connectivity index (χ1v) is 12.6. The lowest BCUT2D eigenvalue weighted by Gasteiger charge is -2.38. The van der Waals surface area contributed by atoms with Gasteiger partial charge in [-0.3, -0.25) is 4.79 Å². The van der Waals surface area contributed by atoms with Crippen molar-refractivity contribution in [2.75, 3.05) is 0 Å². The van der Waals surface area contributed by atoms with Gasteiger partial charge in [-0.15, -0.1) is 0 Å². The van der Waals surface area contributed by atoms with Crippen molar-refractivity contribution in [2.45, 2.75) is 85.2 Å². The predicted molar refractivity (Wildman–Crippen MR) is 144 cm³/mol. The fourth-order valence-electron chi connectivity index (χ4n) is 3.85. The van der Waals surface area contributed by atoms with Crippen molar-refractivity contribution in [1.82, 2.24) is 16.0 Å². The average molecular weight is 512 g/mol. The molecule has 0 aliphatic carbocycles. The summed E-state index contributed by atoms with van der Waals surface area (Å²) >= 11 is 0. The first-order valence-electron chi connectivity index (χ1n) is 12.6. The molecule has 202 valence electrons. The summed E-state index contributed by atoms with van der Waals surface area (Å²) in [5.41, 5.74) is 0.566. The summed E-state index contributed by atoms with van der Waals surface area (Å²) in [5.74, 6) is -0.273. The largest absolute Gasteiger partial charge is 0.445 e. The summed E-state index contributed by atoms with van der Waals surface area (Å²) in [6.07, 6.45) is -1.39. The van der Waals surface area contributed by atoms with Gasteiger partial charge in [0.2, 0.25) is 5.91 Å². The van der Waals surface area contributed by atoms with Crippen LogP contribution in [0.25, 0.3) is 0 Å². The maximum atomic E-state index is 13.1. The molecule has 0 saturated heterocycles. The maximum Gasteiger partial charge on any atom is 0.407 e. The number of carbonyl (C=O) groups is 3. The lowest BCUT2D eigenvalue weighted by Crippen LogP contribution is -2.59. The van der Waals surface area contributed by atoms with Gasteiger partial charge in [-0.25, -0.2) is 9.59 Å². The molecule has 0 saturated carbocycles. The van der Waals surface area contributed by atoms with Crippen molar-refractivity contribution in [3.05, 3.63) is 71.8 Å². The lowest BCUT2D eigenvalue weighted by molar-refractivity contribution is -0.122. The Kier molecular flexibility index (Phi) is 10.5. The maximum absolute atomic E-state index is 13.1. The minimum atomic E-state index is -0.765. The quantitative estimate of drug-likeness (QED) is 0.413. The summed E-state index contributed by atoms with van der Waals surface area (Å²) in [6.45, 7) is 13.0. The number of hydrogen-bond acceptors (Lipinski definition) is 5. The van der Waals surface area contributed by atoms with Gasteiger partial charge in [0.25, 0.3) is 0 Å². The standard InChI is InChI=1S/C29H41N3O5/c1-20(22-16-12-9-13-17-22)30-24(33)18-23(31-26(34)36-19-21-14-10-8-11-15-21)25(28(2,3)4)32-27(35)37-29(5,6)7/h8-17,20,23,25H,18-19H2,1-7H3,(H,30,33)(H,31,34)(H,32,35)/t20-,23+,25-/m1/s1. The van der Waals surface area contributed by atoms with Crippen molar-refractivity contribution in [3.63, 3.8) is 0 Å². The van der Waals surface area contributed by atoms with E-state index in [1.54, 1.807) is 20.8 Å². The fourth-order valence-corrected chi connectivity index (χ4v) is 3.85. The van der Waals surface area contributed by atoms with Crippen LogP contribution in [0.1, 0.15) is 72.1 Å². The van der Waals surface area contributed by atoms with Crippen molar-refractivity contribution in [2.24, 2.45) is 5.41 Å². The molecule has 2 aromatic carbocycles. The van der Waals surface area contributed by atoms with Crippen LogP contribution in [0.2, 0.25) is 0 Å². The molecule has 8 nitrogen and oxygen atoms in total. The molecule has 0 unspecified atom stereocenters. The normalized spacial score (nSPS) is 14.0. The van der Waals surface area contributed by atoms with Gasteiger partial charge in [-0.2, -0.15) is 0 Å². The minimum absolute atomic E-state index is 0.0741.